The van der Waals surface area contributed by atoms with Gasteiger partial charge in [-0.3, -0.25) is 0 Å². The molecule has 3 nitrogen and oxygen atoms in total. The van der Waals surface area contributed by atoms with Gasteiger partial charge in [-0.25, -0.2) is 0 Å². The molecule has 0 aromatic heterocycles. The highest BCUT2D eigenvalue weighted by molar-refractivity contribution is 5.66. The standard InChI is InChI=1S/C16H25NO2/c1-5-10-17-11-6-7-13(2)14-8-9-15(18-3)16(12-14)19-4/h7-9,12,17H,5-6,10-11H2,1-4H3. The van der Waals surface area contributed by atoms with E-state index in [1.54, 1.807) is 14.2 Å². The summed E-state index contributed by atoms with van der Waals surface area (Å²) in [5.74, 6) is 1.54. The van der Waals surface area contributed by atoms with Crippen molar-refractivity contribution in [1.29, 1.82) is 0 Å². The lowest BCUT2D eigenvalue weighted by atomic mass is 10.1. The Labute approximate surface area is 116 Å². The zero-order valence-electron chi connectivity index (χ0n) is 12.5. The van der Waals surface area contributed by atoms with Crippen LogP contribution in [0.15, 0.2) is 24.3 Å². The second kappa shape index (κ2) is 8.59. The number of allylic oxidation sites excluding steroid dienone is 1. The average Bonchev–Trinajstić information content (AvgIpc) is 2.46. The fourth-order valence-electron chi connectivity index (χ4n) is 1.89. The fourth-order valence-corrected chi connectivity index (χ4v) is 1.89. The van der Waals surface area contributed by atoms with Gasteiger partial charge < -0.3 is 14.8 Å². The minimum absolute atomic E-state index is 0.767. The molecule has 3 heteroatoms. The zero-order valence-corrected chi connectivity index (χ0v) is 12.5. The van der Waals surface area contributed by atoms with Crippen LogP contribution in [0.1, 0.15) is 32.3 Å². The summed E-state index contributed by atoms with van der Waals surface area (Å²) >= 11 is 0. The van der Waals surface area contributed by atoms with Gasteiger partial charge in [-0.1, -0.05) is 19.1 Å². The van der Waals surface area contributed by atoms with Crippen molar-refractivity contribution in [3.63, 3.8) is 0 Å². The van der Waals surface area contributed by atoms with Crippen LogP contribution in [-0.2, 0) is 0 Å². The largest absolute Gasteiger partial charge is 0.493 e. The summed E-state index contributed by atoms with van der Waals surface area (Å²) in [6.45, 7) is 6.42. The first kappa shape index (κ1) is 15.6. The van der Waals surface area contributed by atoms with Crippen LogP contribution in [-0.4, -0.2) is 27.3 Å². The van der Waals surface area contributed by atoms with Crippen molar-refractivity contribution < 1.29 is 9.47 Å². The molecule has 19 heavy (non-hydrogen) atoms. The summed E-state index contributed by atoms with van der Waals surface area (Å²) in [6.07, 6.45) is 4.47. The van der Waals surface area contributed by atoms with Gasteiger partial charge >= 0.3 is 0 Å². The molecular formula is C16H25NO2. The van der Waals surface area contributed by atoms with E-state index in [0.29, 0.717) is 0 Å². The lowest BCUT2D eigenvalue weighted by Crippen LogP contribution is -2.15. The van der Waals surface area contributed by atoms with Crippen molar-refractivity contribution in [3.8, 4) is 11.5 Å². The minimum atomic E-state index is 0.767. The Morgan fingerprint density at radius 2 is 1.89 bits per heavy atom. The number of benzene rings is 1. The van der Waals surface area contributed by atoms with Crippen LogP contribution >= 0.6 is 0 Å². The van der Waals surface area contributed by atoms with Gasteiger partial charge in [0.2, 0.25) is 0 Å². The lowest BCUT2D eigenvalue weighted by molar-refractivity contribution is 0.355. The van der Waals surface area contributed by atoms with Crippen molar-refractivity contribution in [1.82, 2.24) is 5.32 Å². The summed E-state index contributed by atoms with van der Waals surface area (Å²) in [5.41, 5.74) is 2.44. The highest BCUT2D eigenvalue weighted by Crippen LogP contribution is 2.30. The van der Waals surface area contributed by atoms with Crippen LogP contribution in [0.5, 0.6) is 11.5 Å². The van der Waals surface area contributed by atoms with Gasteiger partial charge in [0.25, 0.3) is 0 Å². The summed E-state index contributed by atoms with van der Waals surface area (Å²) < 4.78 is 10.6. The molecule has 0 bridgehead atoms. The van der Waals surface area contributed by atoms with Gasteiger partial charge in [0.05, 0.1) is 14.2 Å². The quantitative estimate of drug-likeness (QED) is 0.728. The monoisotopic (exact) mass is 263 g/mol. The normalized spacial score (nSPS) is 11.5. The molecule has 1 N–H and O–H groups in total. The van der Waals surface area contributed by atoms with Crippen LogP contribution < -0.4 is 14.8 Å². The summed E-state index contributed by atoms with van der Waals surface area (Å²) in [6, 6.07) is 6.03. The number of hydrogen-bond donors (Lipinski definition) is 1. The maximum Gasteiger partial charge on any atom is 0.161 e. The Bertz CT molecular complexity index is 413. The molecule has 0 heterocycles. The molecule has 0 aliphatic carbocycles. The third-order valence-electron chi connectivity index (χ3n) is 3.04. The number of ether oxygens (including phenoxy) is 2. The molecule has 106 valence electrons. The third kappa shape index (κ3) is 4.95. The first-order valence-corrected chi connectivity index (χ1v) is 6.82. The fraction of sp³-hybridized carbons (Fsp3) is 0.500. The van der Waals surface area contributed by atoms with Crippen LogP contribution in [0.25, 0.3) is 5.57 Å². The van der Waals surface area contributed by atoms with Gasteiger partial charge in [-0.05, 0) is 56.1 Å². The predicted octanol–water partition coefficient (Wildman–Crippen LogP) is 3.50. The molecule has 1 rings (SSSR count). The van der Waals surface area contributed by atoms with Crippen molar-refractivity contribution in [3.05, 3.63) is 29.8 Å². The lowest BCUT2D eigenvalue weighted by Gasteiger charge is -2.10. The van der Waals surface area contributed by atoms with E-state index in [1.807, 2.05) is 12.1 Å². The molecule has 0 atom stereocenters. The average molecular weight is 263 g/mol. The van der Waals surface area contributed by atoms with E-state index in [0.717, 1.165) is 31.0 Å². The van der Waals surface area contributed by atoms with Crippen molar-refractivity contribution >= 4 is 5.57 Å². The molecule has 0 saturated carbocycles. The van der Waals surface area contributed by atoms with Gasteiger partial charge in [0, 0.05) is 0 Å². The summed E-state index contributed by atoms with van der Waals surface area (Å²) in [4.78, 5) is 0. The van der Waals surface area contributed by atoms with E-state index in [2.05, 4.69) is 31.3 Å². The van der Waals surface area contributed by atoms with Crippen LogP contribution in [0, 0.1) is 0 Å². The van der Waals surface area contributed by atoms with E-state index in [4.69, 9.17) is 9.47 Å². The van der Waals surface area contributed by atoms with Gasteiger partial charge in [-0.2, -0.15) is 0 Å². The second-order valence-electron chi connectivity index (χ2n) is 4.50. The molecular weight excluding hydrogens is 238 g/mol. The Morgan fingerprint density at radius 3 is 2.53 bits per heavy atom. The van der Waals surface area contributed by atoms with Crippen molar-refractivity contribution in [2.24, 2.45) is 0 Å². The highest BCUT2D eigenvalue weighted by atomic mass is 16.5. The Balaban J connectivity index is 2.65. The van der Waals surface area contributed by atoms with E-state index < -0.39 is 0 Å². The molecule has 0 amide bonds. The first-order valence-electron chi connectivity index (χ1n) is 6.82. The van der Waals surface area contributed by atoms with Gasteiger partial charge in [0.15, 0.2) is 11.5 Å². The number of methoxy groups -OCH3 is 2. The Hall–Kier alpha value is -1.48. The number of rotatable bonds is 8. The smallest absolute Gasteiger partial charge is 0.161 e. The molecule has 0 aliphatic rings. The van der Waals surface area contributed by atoms with Gasteiger partial charge in [-0.15, -0.1) is 0 Å². The Kier molecular flexibility index (Phi) is 7.04. The topological polar surface area (TPSA) is 30.5 Å². The molecule has 0 saturated heterocycles. The van der Waals surface area contributed by atoms with Crippen molar-refractivity contribution in [2.45, 2.75) is 26.7 Å². The van der Waals surface area contributed by atoms with Crippen molar-refractivity contribution in [2.75, 3.05) is 27.3 Å². The minimum Gasteiger partial charge on any atom is -0.493 e. The molecule has 0 aliphatic heterocycles. The first-order chi connectivity index (χ1) is 9.22. The molecule has 0 spiro atoms. The van der Waals surface area contributed by atoms with Crippen LogP contribution in [0.4, 0.5) is 0 Å². The second-order valence-corrected chi connectivity index (χ2v) is 4.50. The molecule has 1 aromatic rings. The SMILES string of the molecule is CCCNCCC=C(C)c1ccc(OC)c(OC)c1. The zero-order chi connectivity index (χ0) is 14.1. The molecule has 0 radical (unpaired) electrons. The number of nitrogens with one attached hydrogen (secondary N) is 1. The predicted molar refractivity (Wildman–Crippen MR) is 81.0 cm³/mol. The Morgan fingerprint density at radius 1 is 1.16 bits per heavy atom. The van der Waals surface area contributed by atoms with E-state index in [9.17, 15) is 0 Å². The van der Waals surface area contributed by atoms with Crippen LogP contribution in [0.2, 0.25) is 0 Å². The van der Waals surface area contributed by atoms with Gasteiger partial charge in [0.1, 0.15) is 0 Å². The number of hydrogen-bond acceptors (Lipinski definition) is 3. The molecule has 0 unspecified atom stereocenters. The van der Waals surface area contributed by atoms with E-state index in [1.165, 1.54) is 17.6 Å². The van der Waals surface area contributed by atoms with E-state index >= 15 is 0 Å². The third-order valence-corrected chi connectivity index (χ3v) is 3.04. The molecule has 0 fully saturated rings. The maximum atomic E-state index is 5.32. The van der Waals surface area contributed by atoms with E-state index in [-0.39, 0.29) is 0 Å². The maximum absolute atomic E-state index is 5.32. The highest BCUT2D eigenvalue weighted by Gasteiger charge is 2.05. The molecule has 1 aromatic carbocycles. The van der Waals surface area contributed by atoms with Crippen LogP contribution in [0.3, 0.4) is 0 Å². The summed E-state index contributed by atoms with van der Waals surface area (Å²) in [7, 11) is 3.31. The summed E-state index contributed by atoms with van der Waals surface area (Å²) in [5, 5.41) is 3.39.